The fourth-order valence-corrected chi connectivity index (χ4v) is 5.19. The van der Waals surface area contributed by atoms with Gasteiger partial charge in [-0.25, -0.2) is 0 Å². The number of hydrogen-bond acceptors (Lipinski definition) is 5. The second-order valence-corrected chi connectivity index (χ2v) is 10.7. The average molecular weight is 541 g/mol. The van der Waals surface area contributed by atoms with E-state index in [0.29, 0.717) is 25.2 Å². The number of carbonyl (C=O) groups excluding carboxylic acids is 3. The van der Waals surface area contributed by atoms with Crippen molar-refractivity contribution in [1.29, 1.82) is 0 Å². The van der Waals surface area contributed by atoms with Gasteiger partial charge in [-0.1, -0.05) is 74.6 Å². The second-order valence-electron chi connectivity index (χ2n) is 10.7. The number of esters is 1. The lowest BCUT2D eigenvalue weighted by Gasteiger charge is -2.28. The maximum Gasteiger partial charge on any atom is 0.305 e. The second kappa shape index (κ2) is 19.2. The Morgan fingerprint density at radius 3 is 2.41 bits per heavy atom. The average Bonchev–Trinajstić information content (AvgIpc) is 2.94. The molecule has 1 fully saturated rings. The molecule has 1 saturated carbocycles. The Balaban J connectivity index is 1.95. The fourth-order valence-electron chi connectivity index (χ4n) is 5.19. The van der Waals surface area contributed by atoms with Crippen molar-refractivity contribution in [3.63, 3.8) is 0 Å². The predicted octanol–water partition coefficient (Wildman–Crippen LogP) is 5.03. The molecule has 39 heavy (non-hydrogen) atoms. The van der Waals surface area contributed by atoms with Crippen molar-refractivity contribution in [1.82, 2.24) is 10.6 Å². The van der Waals surface area contributed by atoms with Crippen LogP contribution in [-0.2, 0) is 25.5 Å². The predicted molar refractivity (Wildman–Crippen MR) is 155 cm³/mol. The number of rotatable bonds is 19. The number of amides is 2. The van der Waals surface area contributed by atoms with Crippen molar-refractivity contribution in [2.24, 2.45) is 11.8 Å². The summed E-state index contributed by atoms with van der Waals surface area (Å²) in [6, 6.07) is 8.92. The molecule has 0 aromatic heterocycles. The summed E-state index contributed by atoms with van der Waals surface area (Å²) < 4.78 is 5.56. The number of hydrogen-bond donors (Lipinski definition) is 3. The number of carbonyl (C=O) groups is 3. The zero-order valence-corrected chi connectivity index (χ0v) is 23.5. The highest BCUT2D eigenvalue weighted by molar-refractivity contribution is 5.86. The summed E-state index contributed by atoms with van der Waals surface area (Å²) in [5.74, 6) is -0.891. The highest BCUT2D eigenvalue weighted by atomic mass is 16.5. The van der Waals surface area contributed by atoms with E-state index in [1.807, 2.05) is 36.4 Å². The third-order valence-electron chi connectivity index (χ3n) is 7.34. The molecule has 7 nitrogen and oxygen atoms in total. The van der Waals surface area contributed by atoms with Gasteiger partial charge in [-0.3, -0.25) is 14.4 Å². The minimum atomic E-state index is -0.595. The Hall–Kier alpha value is -2.93. The maximum atomic E-state index is 13.3. The molecule has 2 amide bonds. The first-order chi connectivity index (χ1) is 18.9. The van der Waals surface area contributed by atoms with Crippen LogP contribution in [0.25, 0.3) is 0 Å². The van der Waals surface area contributed by atoms with Crippen molar-refractivity contribution in [3.05, 3.63) is 61.2 Å². The molecule has 2 rings (SSSR count). The largest absolute Gasteiger partial charge is 0.463 e. The van der Waals surface area contributed by atoms with Crippen LogP contribution in [0.4, 0.5) is 0 Å². The van der Waals surface area contributed by atoms with E-state index in [4.69, 9.17) is 4.74 Å². The highest BCUT2D eigenvalue weighted by Gasteiger charge is 2.27. The number of aliphatic hydroxyl groups is 1. The number of allylic oxidation sites excluding steroid dienone is 2. The van der Waals surface area contributed by atoms with Crippen molar-refractivity contribution >= 4 is 17.8 Å². The normalized spacial score (nSPS) is 15.9. The van der Waals surface area contributed by atoms with Crippen molar-refractivity contribution in [2.45, 2.75) is 95.6 Å². The van der Waals surface area contributed by atoms with Gasteiger partial charge in [0.25, 0.3) is 0 Å². The van der Waals surface area contributed by atoms with Gasteiger partial charge in [-0.05, 0) is 50.0 Å². The van der Waals surface area contributed by atoms with Crippen LogP contribution in [0.15, 0.2) is 55.6 Å². The van der Waals surface area contributed by atoms with E-state index in [9.17, 15) is 19.5 Å². The summed E-state index contributed by atoms with van der Waals surface area (Å²) in [6.07, 6.45) is 13.8. The maximum absolute atomic E-state index is 13.3. The van der Waals surface area contributed by atoms with E-state index < -0.39 is 12.0 Å². The molecule has 0 radical (unpaired) electrons. The monoisotopic (exact) mass is 540 g/mol. The summed E-state index contributed by atoms with van der Waals surface area (Å²) in [4.78, 5) is 38.4. The molecule has 0 aliphatic heterocycles. The molecule has 216 valence electrons. The minimum Gasteiger partial charge on any atom is -0.463 e. The first kappa shape index (κ1) is 32.3. The van der Waals surface area contributed by atoms with Crippen LogP contribution in [0.1, 0.15) is 82.6 Å². The Kier molecular flexibility index (Phi) is 15.9. The summed E-state index contributed by atoms with van der Waals surface area (Å²) in [5, 5.41) is 15.7. The van der Waals surface area contributed by atoms with Gasteiger partial charge in [0.15, 0.2) is 0 Å². The number of benzene rings is 1. The molecule has 3 unspecified atom stereocenters. The van der Waals surface area contributed by atoms with Gasteiger partial charge in [0, 0.05) is 12.8 Å². The van der Waals surface area contributed by atoms with Crippen LogP contribution < -0.4 is 10.6 Å². The zero-order chi connectivity index (χ0) is 28.3. The van der Waals surface area contributed by atoms with Crippen molar-refractivity contribution < 1.29 is 24.2 Å². The number of unbranched alkanes of at least 4 members (excludes halogenated alkanes) is 2. The van der Waals surface area contributed by atoms with Gasteiger partial charge < -0.3 is 20.5 Å². The standard InChI is InChI=1S/C32H48N2O5/c1-3-5-6-13-19-31(37)39-24-29(21-26-17-11-8-12-18-26)34-32(38)27(14-4-2)22-30(36)33-28(23-35)20-25-15-9-7-10-16-25/h3-4,7,9-10,15-16,26-29,35H,1-2,5-6,8,11-14,17-24H2,(H,33,36)(H,34,38). The Morgan fingerprint density at radius 2 is 1.74 bits per heavy atom. The van der Waals surface area contributed by atoms with Gasteiger partial charge in [-0.15, -0.1) is 13.2 Å². The van der Waals surface area contributed by atoms with Crippen LogP contribution in [0.3, 0.4) is 0 Å². The summed E-state index contributed by atoms with van der Waals surface area (Å²) in [7, 11) is 0. The Labute approximate surface area is 234 Å². The van der Waals surface area contributed by atoms with Crippen LogP contribution in [0.2, 0.25) is 0 Å². The van der Waals surface area contributed by atoms with Gasteiger partial charge >= 0.3 is 5.97 Å². The first-order valence-corrected chi connectivity index (χ1v) is 14.6. The molecular weight excluding hydrogens is 492 g/mol. The van der Waals surface area contributed by atoms with Gasteiger partial charge in [0.1, 0.15) is 6.61 Å². The third-order valence-corrected chi connectivity index (χ3v) is 7.34. The molecule has 1 aliphatic carbocycles. The lowest BCUT2D eigenvalue weighted by Crippen LogP contribution is -2.45. The number of ether oxygens (including phenoxy) is 1. The molecule has 0 heterocycles. The van der Waals surface area contributed by atoms with E-state index in [1.165, 1.54) is 19.3 Å². The SMILES string of the molecule is C=CCCCCC(=O)OCC(CC1CCCCC1)NC(=O)C(CC=C)CC(=O)NC(CO)Cc1ccccc1. The van der Waals surface area contributed by atoms with Crippen molar-refractivity contribution in [2.75, 3.05) is 13.2 Å². The van der Waals surface area contributed by atoms with E-state index in [-0.39, 0.29) is 43.5 Å². The summed E-state index contributed by atoms with van der Waals surface area (Å²) >= 11 is 0. The van der Waals surface area contributed by atoms with Crippen LogP contribution in [0.5, 0.6) is 0 Å². The van der Waals surface area contributed by atoms with E-state index in [2.05, 4.69) is 23.8 Å². The lowest BCUT2D eigenvalue weighted by atomic mass is 9.84. The van der Waals surface area contributed by atoms with Crippen LogP contribution in [-0.4, -0.2) is 48.2 Å². The summed E-state index contributed by atoms with van der Waals surface area (Å²) in [5.41, 5.74) is 1.01. The molecule has 0 spiro atoms. The summed E-state index contributed by atoms with van der Waals surface area (Å²) in [6.45, 7) is 7.42. The molecule has 3 atom stereocenters. The molecular formula is C32H48N2O5. The topological polar surface area (TPSA) is 105 Å². The van der Waals surface area contributed by atoms with Gasteiger partial charge in [0.2, 0.25) is 11.8 Å². The lowest BCUT2D eigenvalue weighted by molar-refractivity contribution is -0.145. The smallest absolute Gasteiger partial charge is 0.305 e. The number of nitrogens with one attached hydrogen (secondary N) is 2. The Bertz CT molecular complexity index is 882. The van der Waals surface area contributed by atoms with Crippen LogP contribution >= 0.6 is 0 Å². The van der Waals surface area contributed by atoms with Gasteiger partial charge in [-0.2, -0.15) is 0 Å². The van der Waals surface area contributed by atoms with Gasteiger partial charge in [0.05, 0.1) is 24.6 Å². The molecule has 0 bridgehead atoms. The van der Waals surface area contributed by atoms with E-state index in [1.54, 1.807) is 6.08 Å². The number of aliphatic hydroxyl groups excluding tert-OH is 1. The highest BCUT2D eigenvalue weighted by Crippen LogP contribution is 2.27. The molecule has 3 N–H and O–H groups in total. The fraction of sp³-hybridized carbons (Fsp3) is 0.594. The zero-order valence-electron chi connectivity index (χ0n) is 23.5. The molecule has 1 aliphatic rings. The van der Waals surface area contributed by atoms with E-state index >= 15 is 0 Å². The quantitative estimate of drug-likeness (QED) is 0.130. The van der Waals surface area contributed by atoms with E-state index in [0.717, 1.165) is 44.1 Å². The molecule has 7 heteroatoms. The Morgan fingerprint density at radius 1 is 1.00 bits per heavy atom. The van der Waals surface area contributed by atoms with Crippen LogP contribution in [0, 0.1) is 11.8 Å². The third kappa shape index (κ3) is 13.6. The molecule has 1 aromatic carbocycles. The molecule has 1 aromatic rings. The van der Waals surface area contributed by atoms with Crippen molar-refractivity contribution in [3.8, 4) is 0 Å². The molecule has 0 saturated heterocycles. The minimum absolute atomic E-state index is 0.0115. The first-order valence-electron chi connectivity index (χ1n) is 14.6.